The minimum Gasteiger partial charge on any atom is -0.363 e. The van der Waals surface area contributed by atoms with Crippen molar-refractivity contribution in [3.8, 4) is 0 Å². The van der Waals surface area contributed by atoms with Crippen molar-refractivity contribution < 1.29 is 25.0 Å². The molecule has 180 valence electrons. The molecule has 0 spiro atoms. The van der Waals surface area contributed by atoms with Crippen LogP contribution in [0.15, 0.2) is 12.1 Å². The van der Waals surface area contributed by atoms with Crippen molar-refractivity contribution in [1.29, 1.82) is 0 Å². The van der Waals surface area contributed by atoms with Crippen LogP contribution < -0.4 is 15.5 Å². The third-order valence-corrected chi connectivity index (χ3v) is 8.05. The first-order valence-corrected chi connectivity index (χ1v) is 12.1. The molecule has 0 saturated carbocycles. The summed E-state index contributed by atoms with van der Waals surface area (Å²) in [5.74, 6) is -2.39. The van der Waals surface area contributed by atoms with E-state index in [0.717, 1.165) is 56.4 Å². The Bertz CT molecular complexity index is 1120. The number of fused-ring (bicyclic) bond motifs is 3. The predicted molar refractivity (Wildman–Crippen MR) is 120 cm³/mol. The summed E-state index contributed by atoms with van der Waals surface area (Å²) in [6.07, 6.45) is 3.10. The molecule has 5 aliphatic heterocycles. The molecule has 1 unspecified atom stereocenters. The second-order valence-corrected chi connectivity index (χ2v) is 10.1. The number of piperazine rings is 1. The minimum absolute atomic E-state index is 0.0346. The van der Waals surface area contributed by atoms with Gasteiger partial charge in [0.05, 0.1) is 16.8 Å². The monoisotopic (exact) mass is 470 g/mol. The highest BCUT2D eigenvalue weighted by molar-refractivity contribution is 6.23. The maximum Gasteiger partial charge on any atom is 0.262 e. The summed E-state index contributed by atoms with van der Waals surface area (Å²) in [7, 11) is 0. The van der Waals surface area contributed by atoms with E-state index in [2.05, 4.69) is 10.2 Å². The van der Waals surface area contributed by atoms with Gasteiger partial charge in [-0.3, -0.25) is 34.3 Å². The molecular weight excluding hydrogens is 441 g/mol. The normalized spacial score (nSPS) is 30.9. The quantitative estimate of drug-likeness (QED) is 0.618. The molecule has 4 fully saturated rings. The number of hydrogen-bond acceptors (Lipinski definition) is 7. The molecule has 5 heterocycles. The molecular formula is C24H28FN5O4. The molecule has 0 aromatic heterocycles. The van der Waals surface area contributed by atoms with Crippen molar-refractivity contribution >= 4 is 29.3 Å². The van der Waals surface area contributed by atoms with E-state index < -0.39 is 35.5 Å². The highest BCUT2D eigenvalue weighted by Gasteiger charge is 2.48. The van der Waals surface area contributed by atoms with Gasteiger partial charge >= 0.3 is 0 Å². The van der Waals surface area contributed by atoms with Crippen molar-refractivity contribution in [3.05, 3.63) is 29.1 Å². The molecule has 9 nitrogen and oxygen atoms in total. The van der Waals surface area contributed by atoms with Crippen LogP contribution in [0.4, 0.5) is 10.1 Å². The Morgan fingerprint density at radius 3 is 2.41 bits per heavy atom. The Morgan fingerprint density at radius 1 is 1.00 bits per heavy atom. The van der Waals surface area contributed by atoms with Crippen LogP contribution >= 0.6 is 0 Å². The number of nitrogens with zero attached hydrogens (tertiary/aromatic N) is 3. The van der Waals surface area contributed by atoms with Crippen molar-refractivity contribution in [3.63, 3.8) is 0 Å². The molecule has 1 aromatic carbocycles. The zero-order valence-electron chi connectivity index (χ0n) is 19.8. The first-order chi connectivity index (χ1) is 16.8. The van der Waals surface area contributed by atoms with Gasteiger partial charge in [0.15, 0.2) is 0 Å². The summed E-state index contributed by atoms with van der Waals surface area (Å²) in [5, 5.41) is 3.80. The summed E-state index contributed by atoms with van der Waals surface area (Å²) in [4.78, 5) is 55.2. The van der Waals surface area contributed by atoms with Crippen LogP contribution in [0.1, 0.15) is 52.8 Å². The van der Waals surface area contributed by atoms with E-state index in [0.29, 0.717) is 24.2 Å². The van der Waals surface area contributed by atoms with Gasteiger partial charge in [-0.15, -0.1) is 0 Å². The lowest BCUT2D eigenvalue weighted by Crippen LogP contribution is -2.54. The lowest BCUT2D eigenvalue weighted by molar-refractivity contribution is -0.136. The number of halogens is 1. The van der Waals surface area contributed by atoms with Crippen LogP contribution in [0.25, 0.3) is 0 Å². The minimum atomic E-state index is -1.06. The van der Waals surface area contributed by atoms with Crippen LogP contribution in [0.3, 0.4) is 0 Å². The average molecular weight is 471 g/mol. The van der Waals surface area contributed by atoms with Gasteiger partial charge < -0.3 is 10.2 Å². The molecule has 4 amide bonds. The fourth-order valence-electron chi connectivity index (χ4n) is 6.29. The highest BCUT2D eigenvalue weighted by atomic mass is 19.1. The van der Waals surface area contributed by atoms with Gasteiger partial charge in [0, 0.05) is 38.1 Å². The number of anilines is 1. The number of imide groups is 2. The lowest BCUT2D eigenvalue weighted by atomic mass is 9.97. The van der Waals surface area contributed by atoms with Gasteiger partial charge in [0.25, 0.3) is 11.8 Å². The highest BCUT2D eigenvalue weighted by Crippen LogP contribution is 2.39. The van der Waals surface area contributed by atoms with E-state index in [1.807, 2.05) is 4.90 Å². The summed E-state index contributed by atoms with van der Waals surface area (Å²) in [5.41, 5.74) is 0.398. The molecule has 10 heteroatoms. The van der Waals surface area contributed by atoms with Crippen LogP contribution in [0.5, 0.6) is 0 Å². The molecule has 0 aliphatic carbocycles. The predicted octanol–water partition coefficient (Wildman–Crippen LogP) is 0.489. The van der Waals surface area contributed by atoms with Gasteiger partial charge in [-0.2, -0.15) is 0 Å². The standard InChI is InChI=1S/C24H28FN5O4/c25-18-8-16-17(24(34)30(23(16)33)19-1-2-21(31)27-22(19)32)9-20(18)29-12-14-7-15(29)11-28(14)10-13-3-5-26-6-4-13/h8-9,13-15,19,26H,1-7,10-12H2,(H,27,31,32)/t14-,15-,19?/m1/s1/i/hD. The van der Waals surface area contributed by atoms with Crippen LogP contribution in [0.2, 0.25) is 1.41 Å². The number of carbonyl (C=O) groups is 4. The zero-order valence-corrected chi connectivity index (χ0v) is 18.8. The third-order valence-electron chi connectivity index (χ3n) is 8.05. The maximum atomic E-state index is 15.2. The van der Waals surface area contributed by atoms with Crippen molar-refractivity contribution in [2.75, 3.05) is 37.6 Å². The zero-order chi connectivity index (χ0) is 24.4. The van der Waals surface area contributed by atoms with E-state index in [1.165, 1.54) is 6.07 Å². The largest absolute Gasteiger partial charge is 0.363 e. The molecule has 2 bridgehead atoms. The van der Waals surface area contributed by atoms with E-state index in [9.17, 15) is 19.2 Å². The molecule has 5 aliphatic rings. The number of likely N-dealkylation sites (tertiary alicyclic amines) is 1. The summed E-state index contributed by atoms with van der Waals surface area (Å²) in [6.45, 7) is 4.11. The topological polar surface area (TPSA) is 102 Å². The van der Waals surface area contributed by atoms with Crippen molar-refractivity contribution in [2.24, 2.45) is 5.92 Å². The molecule has 1 aromatic rings. The van der Waals surface area contributed by atoms with E-state index in [4.69, 9.17) is 1.41 Å². The van der Waals surface area contributed by atoms with Crippen molar-refractivity contribution in [2.45, 2.75) is 50.2 Å². The maximum absolute atomic E-state index is 15.2. The molecule has 3 atom stereocenters. The molecule has 2 N–H and O–H groups in total. The number of nitrogens with one attached hydrogen (secondary N) is 2. The van der Waals surface area contributed by atoms with Crippen molar-refractivity contribution in [1.82, 2.24) is 20.4 Å². The Labute approximate surface area is 198 Å². The summed E-state index contributed by atoms with van der Waals surface area (Å²) < 4.78 is 23.0. The summed E-state index contributed by atoms with van der Waals surface area (Å²) in [6, 6.07) is 1.98. The van der Waals surface area contributed by atoms with Gasteiger partial charge in [-0.25, -0.2) is 4.39 Å². The van der Waals surface area contributed by atoms with E-state index in [-0.39, 0.29) is 30.0 Å². The SMILES string of the molecule is [2H]N1CCC(CN2C[C@H]3C[C@@H]2CN3c2cc3c(cc2F)C(=O)N(C2CCC(=O)NC2=O)C3=O)CC1. The molecule has 4 saturated heterocycles. The second kappa shape index (κ2) is 8.13. The smallest absolute Gasteiger partial charge is 0.262 e. The fourth-order valence-corrected chi connectivity index (χ4v) is 6.29. The number of hydrogen-bond donors (Lipinski definition) is 2. The second-order valence-electron chi connectivity index (χ2n) is 10.1. The Hall–Kier alpha value is -2.85. The number of benzene rings is 1. The van der Waals surface area contributed by atoms with Gasteiger partial charge in [-0.1, -0.05) is 0 Å². The Balaban J connectivity index is 1.18. The van der Waals surface area contributed by atoms with Crippen LogP contribution in [-0.4, -0.2) is 84.3 Å². The average Bonchev–Trinajstić information content (AvgIpc) is 3.48. The Kier molecular flexibility index (Phi) is 4.90. The number of rotatable bonds is 4. The molecule has 6 rings (SSSR count). The number of carbonyl (C=O) groups excluding carboxylic acids is 4. The van der Waals surface area contributed by atoms with E-state index in [1.54, 1.807) is 5.31 Å². The number of amides is 4. The molecule has 0 radical (unpaired) electrons. The number of piperidine rings is 2. The van der Waals surface area contributed by atoms with Gasteiger partial charge in [0.1, 0.15) is 13.3 Å². The van der Waals surface area contributed by atoms with E-state index >= 15 is 4.39 Å². The van der Waals surface area contributed by atoms with Gasteiger partial charge in [-0.05, 0) is 56.8 Å². The summed E-state index contributed by atoms with van der Waals surface area (Å²) >= 11 is 0. The van der Waals surface area contributed by atoms with Crippen LogP contribution in [-0.2, 0) is 9.59 Å². The third kappa shape index (κ3) is 3.42. The first-order valence-electron chi connectivity index (χ1n) is 12.5. The fraction of sp³-hybridized carbons (Fsp3) is 0.583. The first kappa shape index (κ1) is 20.5. The van der Waals surface area contributed by atoms with Crippen LogP contribution in [0, 0.1) is 11.7 Å². The Morgan fingerprint density at radius 2 is 1.74 bits per heavy atom. The van der Waals surface area contributed by atoms with Gasteiger partial charge in [0.2, 0.25) is 11.8 Å². The lowest BCUT2D eigenvalue weighted by Gasteiger charge is -2.38. The molecule has 34 heavy (non-hydrogen) atoms.